The third-order valence-corrected chi connectivity index (χ3v) is 7.96. The largest absolute Gasteiger partial charge is 0.299 e. The minimum Gasteiger partial charge on any atom is -0.299 e. The molecule has 3 atom stereocenters. The van der Waals surface area contributed by atoms with Gasteiger partial charge in [0.2, 0.25) is 0 Å². The highest BCUT2D eigenvalue weighted by molar-refractivity contribution is 5.81. The molecule has 0 N–H and O–H groups in total. The highest BCUT2D eigenvalue weighted by Gasteiger charge is 2.35. The summed E-state index contributed by atoms with van der Waals surface area (Å²) >= 11 is 0. The Labute approximate surface area is 150 Å². The van der Waals surface area contributed by atoms with E-state index in [4.69, 9.17) is 0 Å². The van der Waals surface area contributed by atoms with Gasteiger partial charge in [0.1, 0.15) is 5.78 Å². The summed E-state index contributed by atoms with van der Waals surface area (Å²) in [4.78, 5) is 12.7. The summed E-state index contributed by atoms with van der Waals surface area (Å²) in [6.45, 7) is 7.28. The molecule has 1 nitrogen and oxygen atoms in total. The molecule has 0 aromatic heterocycles. The summed E-state index contributed by atoms with van der Waals surface area (Å²) < 4.78 is 0. The van der Waals surface area contributed by atoms with Gasteiger partial charge in [-0.05, 0) is 86.9 Å². The van der Waals surface area contributed by atoms with Crippen LogP contribution in [-0.4, -0.2) is 5.78 Å². The first-order chi connectivity index (χ1) is 11.5. The van der Waals surface area contributed by atoms with E-state index in [9.17, 15) is 4.79 Å². The fourth-order valence-corrected chi connectivity index (χ4v) is 6.24. The molecule has 3 aliphatic rings. The molecule has 3 fully saturated rings. The molecule has 138 valence electrons. The van der Waals surface area contributed by atoms with Crippen molar-refractivity contribution in [1.82, 2.24) is 0 Å². The molecular formula is C23H40O. The van der Waals surface area contributed by atoms with E-state index in [1.807, 2.05) is 0 Å². The summed E-state index contributed by atoms with van der Waals surface area (Å²) in [5, 5.41) is 0. The van der Waals surface area contributed by atoms with Gasteiger partial charge >= 0.3 is 0 Å². The van der Waals surface area contributed by atoms with Crippen LogP contribution in [0.15, 0.2) is 0 Å². The number of carbonyl (C=O) groups is 1. The van der Waals surface area contributed by atoms with E-state index in [1.54, 1.807) is 0 Å². The van der Waals surface area contributed by atoms with Crippen LogP contribution in [0.5, 0.6) is 0 Å². The highest BCUT2D eigenvalue weighted by atomic mass is 16.1. The first-order valence-electron chi connectivity index (χ1n) is 11.1. The van der Waals surface area contributed by atoms with Gasteiger partial charge in [0, 0.05) is 12.3 Å². The lowest BCUT2D eigenvalue weighted by Crippen LogP contribution is -2.32. The molecule has 0 heterocycles. The topological polar surface area (TPSA) is 17.1 Å². The minimum absolute atomic E-state index is 0.415. The zero-order valence-electron chi connectivity index (χ0n) is 16.4. The van der Waals surface area contributed by atoms with Gasteiger partial charge in [-0.1, -0.05) is 40.0 Å². The number of hydrogen-bond acceptors (Lipinski definition) is 1. The molecule has 3 rings (SSSR count). The van der Waals surface area contributed by atoms with Crippen molar-refractivity contribution >= 4 is 5.78 Å². The van der Waals surface area contributed by atoms with E-state index in [-0.39, 0.29) is 0 Å². The minimum atomic E-state index is 0.415. The van der Waals surface area contributed by atoms with Crippen molar-refractivity contribution in [1.29, 1.82) is 0 Å². The third-order valence-electron chi connectivity index (χ3n) is 7.96. The van der Waals surface area contributed by atoms with Crippen molar-refractivity contribution in [3.05, 3.63) is 0 Å². The second-order valence-corrected chi connectivity index (χ2v) is 9.97. The second kappa shape index (κ2) is 8.37. The maximum Gasteiger partial charge on any atom is 0.136 e. The van der Waals surface area contributed by atoms with Crippen molar-refractivity contribution in [3.8, 4) is 0 Å². The lowest BCUT2D eigenvalue weighted by Gasteiger charge is -2.41. The van der Waals surface area contributed by atoms with Crippen molar-refractivity contribution in [3.63, 3.8) is 0 Å². The van der Waals surface area contributed by atoms with Gasteiger partial charge in [-0.25, -0.2) is 0 Å². The Hall–Kier alpha value is -0.330. The molecule has 3 saturated carbocycles. The monoisotopic (exact) mass is 332 g/mol. The fraction of sp³-hybridized carbons (Fsp3) is 0.957. The Bertz CT molecular complexity index is 398. The molecule has 0 spiro atoms. The second-order valence-electron chi connectivity index (χ2n) is 9.97. The first kappa shape index (κ1) is 18.5. The smallest absolute Gasteiger partial charge is 0.136 e. The lowest BCUT2D eigenvalue weighted by molar-refractivity contribution is -0.125. The van der Waals surface area contributed by atoms with Gasteiger partial charge < -0.3 is 0 Å². The molecule has 3 unspecified atom stereocenters. The quantitative estimate of drug-likeness (QED) is 0.563. The van der Waals surface area contributed by atoms with Gasteiger partial charge in [0.15, 0.2) is 0 Å². The summed E-state index contributed by atoms with van der Waals surface area (Å²) in [6, 6.07) is 0. The van der Waals surface area contributed by atoms with Crippen LogP contribution in [-0.2, 0) is 4.79 Å². The van der Waals surface area contributed by atoms with E-state index < -0.39 is 0 Å². The molecule has 1 heteroatoms. The van der Waals surface area contributed by atoms with E-state index in [2.05, 4.69) is 20.8 Å². The van der Waals surface area contributed by atoms with Crippen LogP contribution in [0.4, 0.5) is 0 Å². The molecule has 0 radical (unpaired) electrons. The average molecular weight is 333 g/mol. The number of rotatable bonds is 4. The maximum absolute atomic E-state index is 12.7. The molecule has 0 aromatic rings. The zero-order valence-corrected chi connectivity index (χ0v) is 16.4. The van der Waals surface area contributed by atoms with Gasteiger partial charge in [0.05, 0.1) is 0 Å². The SMILES string of the molecule is CC1CCC(CC(=O)C2CCC(C3CCC(C)CC3C)CC2)CC1. The van der Waals surface area contributed by atoms with E-state index in [1.165, 1.54) is 70.6 Å². The molecule has 0 saturated heterocycles. The van der Waals surface area contributed by atoms with E-state index in [0.717, 1.165) is 36.0 Å². The Morgan fingerprint density at radius 1 is 0.750 bits per heavy atom. The van der Waals surface area contributed by atoms with Crippen LogP contribution in [0.25, 0.3) is 0 Å². The van der Waals surface area contributed by atoms with Crippen LogP contribution in [0.2, 0.25) is 0 Å². The van der Waals surface area contributed by atoms with Gasteiger partial charge in [-0.15, -0.1) is 0 Å². The summed E-state index contributed by atoms with van der Waals surface area (Å²) in [5.74, 6) is 6.38. The summed E-state index contributed by atoms with van der Waals surface area (Å²) in [7, 11) is 0. The van der Waals surface area contributed by atoms with Crippen LogP contribution in [0, 0.1) is 41.4 Å². The predicted molar refractivity (Wildman–Crippen MR) is 102 cm³/mol. The molecule has 0 amide bonds. The van der Waals surface area contributed by atoms with Crippen LogP contribution in [0.3, 0.4) is 0 Å². The number of Topliss-reactive ketones (excluding diaryl/α,β-unsaturated/α-hetero) is 1. The van der Waals surface area contributed by atoms with Crippen LogP contribution >= 0.6 is 0 Å². The predicted octanol–water partition coefficient (Wildman–Crippen LogP) is 6.65. The molecule has 24 heavy (non-hydrogen) atoms. The van der Waals surface area contributed by atoms with Crippen molar-refractivity contribution < 1.29 is 4.79 Å². The summed E-state index contributed by atoms with van der Waals surface area (Å²) in [5.41, 5.74) is 0. The maximum atomic E-state index is 12.7. The van der Waals surface area contributed by atoms with Crippen LogP contribution < -0.4 is 0 Å². The Morgan fingerprint density at radius 2 is 1.38 bits per heavy atom. The fourth-order valence-electron chi connectivity index (χ4n) is 6.24. The standard InChI is InChI=1S/C23H40O/c1-16-4-7-19(8-5-16)15-23(24)21-11-9-20(10-12-21)22-13-6-17(2)14-18(22)3/h16-22H,4-15H2,1-3H3. The van der Waals surface area contributed by atoms with Crippen molar-refractivity contribution in [2.45, 2.75) is 97.8 Å². The van der Waals surface area contributed by atoms with Crippen molar-refractivity contribution in [2.24, 2.45) is 41.4 Å². The number of carbonyl (C=O) groups excluding carboxylic acids is 1. The number of hydrogen-bond donors (Lipinski definition) is 0. The van der Waals surface area contributed by atoms with Gasteiger partial charge in [0.25, 0.3) is 0 Å². The van der Waals surface area contributed by atoms with Gasteiger partial charge in [-0.2, -0.15) is 0 Å². The molecule has 3 aliphatic carbocycles. The molecule has 0 aromatic carbocycles. The first-order valence-corrected chi connectivity index (χ1v) is 11.1. The zero-order chi connectivity index (χ0) is 17.1. The van der Waals surface area contributed by atoms with Crippen LogP contribution in [0.1, 0.15) is 97.8 Å². The normalized spacial score (nSPS) is 44.2. The van der Waals surface area contributed by atoms with E-state index >= 15 is 0 Å². The Kier molecular flexibility index (Phi) is 6.44. The Balaban J connectivity index is 1.42. The summed E-state index contributed by atoms with van der Waals surface area (Å²) in [6.07, 6.45) is 15.6. The molecule has 0 bridgehead atoms. The van der Waals surface area contributed by atoms with Crippen molar-refractivity contribution in [2.75, 3.05) is 0 Å². The highest BCUT2D eigenvalue weighted by Crippen LogP contribution is 2.44. The van der Waals surface area contributed by atoms with Gasteiger partial charge in [-0.3, -0.25) is 4.79 Å². The molecule has 0 aliphatic heterocycles. The third kappa shape index (κ3) is 4.64. The lowest BCUT2D eigenvalue weighted by atomic mass is 9.64. The number of ketones is 1. The van der Waals surface area contributed by atoms with E-state index in [0.29, 0.717) is 17.6 Å². The molecular weight excluding hydrogens is 292 g/mol. The Morgan fingerprint density at radius 3 is 2.00 bits per heavy atom. The average Bonchev–Trinajstić information content (AvgIpc) is 2.57.